The summed E-state index contributed by atoms with van der Waals surface area (Å²) in [7, 11) is 0. The molecule has 3 heteroatoms. The van der Waals surface area contributed by atoms with Crippen molar-refractivity contribution in [2.45, 2.75) is 38.8 Å². The summed E-state index contributed by atoms with van der Waals surface area (Å²) in [6, 6.07) is 8.40. The number of hydrogen-bond acceptors (Lipinski definition) is 3. The second-order valence-electron chi connectivity index (χ2n) is 5.04. The van der Waals surface area contributed by atoms with Gasteiger partial charge in [-0.1, -0.05) is 12.1 Å². The standard InChI is InChI=1S/C15H23NO2/c1-3-18-14-8-6-12(7-9-14)11(2)16-10-15(17)13-4-5-13/h6-9,11,13,15-17H,3-5,10H2,1-2H3. The molecule has 0 radical (unpaired) electrons. The lowest BCUT2D eigenvalue weighted by Crippen LogP contribution is -2.30. The molecule has 3 nitrogen and oxygen atoms in total. The van der Waals surface area contributed by atoms with Gasteiger partial charge in [0.2, 0.25) is 0 Å². The molecule has 0 heterocycles. The summed E-state index contributed by atoms with van der Waals surface area (Å²) in [5.41, 5.74) is 1.22. The highest BCUT2D eigenvalue weighted by Gasteiger charge is 2.29. The van der Waals surface area contributed by atoms with Crippen LogP contribution in [0.4, 0.5) is 0 Å². The summed E-state index contributed by atoms with van der Waals surface area (Å²) in [5.74, 6) is 1.44. The molecule has 0 bridgehead atoms. The number of rotatable bonds is 7. The Hall–Kier alpha value is -1.06. The first kappa shape index (κ1) is 13.4. The van der Waals surface area contributed by atoms with Crippen molar-refractivity contribution < 1.29 is 9.84 Å². The molecule has 1 aliphatic carbocycles. The Balaban J connectivity index is 1.81. The third kappa shape index (κ3) is 3.72. The van der Waals surface area contributed by atoms with E-state index >= 15 is 0 Å². The molecule has 0 saturated heterocycles. The minimum Gasteiger partial charge on any atom is -0.494 e. The fourth-order valence-electron chi connectivity index (χ4n) is 2.08. The Morgan fingerprint density at radius 1 is 1.33 bits per heavy atom. The van der Waals surface area contributed by atoms with Crippen molar-refractivity contribution in [1.29, 1.82) is 0 Å². The second kappa shape index (κ2) is 6.21. The quantitative estimate of drug-likeness (QED) is 0.780. The average molecular weight is 249 g/mol. The molecule has 0 spiro atoms. The van der Waals surface area contributed by atoms with E-state index < -0.39 is 0 Å². The zero-order valence-corrected chi connectivity index (χ0v) is 11.2. The maximum atomic E-state index is 9.82. The summed E-state index contributed by atoms with van der Waals surface area (Å²) in [5, 5.41) is 13.2. The fraction of sp³-hybridized carbons (Fsp3) is 0.600. The molecule has 0 aliphatic heterocycles. The van der Waals surface area contributed by atoms with Crippen molar-refractivity contribution in [2.75, 3.05) is 13.2 Å². The van der Waals surface area contributed by atoms with Gasteiger partial charge in [-0.3, -0.25) is 0 Å². The molecule has 2 atom stereocenters. The zero-order valence-electron chi connectivity index (χ0n) is 11.2. The molecular weight excluding hydrogens is 226 g/mol. The van der Waals surface area contributed by atoms with Gasteiger partial charge in [0.15, 0.2) is 0 Å². The number of ether oxygens (including phenoxy) is 1. The molecular formula is C15H23NO2. The Morgan fingerprint density at radius 2 is 2.00 bits per heavy atom. The molecule has 2 rings (SSSR count). The predicted octanol–water partition coefficient (Wildman–Crippen LogP) is 2.51. The predicted molar refractivity (Wildman–Crippen MR) is 72.8 cm³/mol. The second-order valence-corrected chi connectivity index (χ2v) is 5.04. The van der Waals surface area contributed by atoms with E-state index in [1.54, 1.807) is 0 Å². The van der Waals surface area contributed by atoms with E-state index in [0.717, 1.165) is 5.75 Å². The van der Waals surface area contributed by atoms with Crippen LogP contribution in [0.5, 0.6) is 5.75 Å². The van der Waals surface area contributed by atoms with Crippen LogP contribution in [0.2, 0.25) is 0 Å². The van der Waals surface area contributed by atoms with Gasteiger partial charge in [0.25, 0.3) is 0 Å². The summed E-state index contributed by atoms with van der Waals surface area (Å²) in [6.07, 6.45) is 2.18. The van der Waals surface area contributed by atoms with Gasteiger partial charge < -0.3 is 15.2 Å². The van der Waals surface area contributed by atoms with E-state index in [-0.39, 0.29) is 12.1 Å². The summed E-state index contributed by atoms with van der Waals surface area (Å²) < 4.78 is 5.42. The average Bonchev–Trinajstić information content (AvgIpc) is 3.21. The Bertz CT molecular complexity index is 359. The Labute approximate surface area is 109 Å². The van der Waals surface area contributed by atoms with Crippen molar-refractivity contribution in [3.63, 3.8) is 0 Å². The fourth-order valence-corrected chi connectivity index (χ4v) is 2.08. The van der Waals surface area contributed by atoms with Crippen molar-refractivity contribution in [1.82, 2.24) is 5.32 Å². The summed E-state index contributed by atoms with van der Waals surface area (Å²) in [4.78, 5) is 0. The third-order valence-electron chi connectivity index (χ3n) is 3.49. The number of aliphatic hydroxyl groups is 1. The van der Waals surface area contributed by atoms with Crippen molar-refractivity contribution in [3.8, 4) is 5.75 Å². The summed E-state index contributed by atoms with van der Waals surface area (Å²) in [6.45, 7) is 5.48. The molecule has 2 N–H and O–H groups in total. The molecule has 100 valence electrons. The van der Waals surface area contributed by atoms with Crippen LogP contribution in [0, 0.1) is 5.92 Å². The zero-order chi connectivity index (χ0) is 13.0. The normalized spacial score (nSPS) is 18.4. The van der Waals surface area contributed by atoms with Crippen LogP contribution in [0.15, 0.2) is 24.3 Å². The first-order chi connectivity index (χ1) is 8.70. The third-order valence-corrected chi connectivity index (χ3v) is 3.49. The van der Waals surface area contributed by atoms with Crippen LogP contribution < -0.4 is 10.1 Å². The van der Waals surface area contributed by atoms with Gasteiger partial charge in [-0.25, -0.2) is 0 Å². The highest BCUT2D eigenvalue weighted by Crippen LogP contribution is 2.32. The van der Waals surface area contributed by atoms with E-state index in [1.807, 2.05) is 19.1 Å². The molecule has 1 fully saturated rings. The largest absolute Gasteiger partial charge is 0.494 e. The van der Waals surface area contributed by atoms with Crippen molar-refractivity contribution in [2.24, 2.45) is 5.92 Å². The van der Waals surface area contributed by atoms with Crippen LogP contribution in [0.1, 0.15) is 38.3 Å². The number of nitrogens with one attached hydrogen (secondary N) is 1. The SMILES string of the molecule is CCOc1ccc(C(C)NCC(O)C2CC2)cc1. The van der Waals surface area contributed by atoms with Gasteiger partial charge >= 0.3 is 0 Å². The number of hydrogen-bond donors (Lipinski definition) is 2. The van der Waals surface area contributed by atoms with Gasteiger partial charge in [-0.05, 0) is 50.3 Å². The van der Waals surface area contributed by atoms with Crippen molar-refractivity contribution >= 4 is 0 Å². The van der Waals surface area contributed by atoms with E-state index in [1.165, 1.54) is 18.4 Å². The smallest absolute Gasteiger partial charge is 0.119 e. The minimum atomic E-state index is -0.185. The molecule has 0 amide bonds. The monoisotopic (exact) mass is 249 g/mol. The van der Waals surface area contributed by atoms with Crippen LogP contribution in [0.3, 0.4) is 0 Å². The highest BCUT2D eigenvalue weighted by molar-refractivity contribution is 5.28. The molecule has 2 unspecified atom stereocenters. The van der Waals surface area contributed by atoms with Crippen LogP contribution in [-0.4, -0.2) is 24.4 Å². The minimum absolute atomic E-state index is 0.185. The molecule has 1 saturated carbocycles. The number of aliphatic hydroxyl groups excluding tert-OH is 1. The van der Waals surface area contributed by atoms with Crippen LogP contribution in [0.25, 0.3) is 0 Å². The molecule has 1 aliphatic rings. The van der Waals surface area contributed by atoms with Gasteiger partial charge in [0.1, 0.15) is 5.75 Å². The first-order valence-electron chi connectivity index (χ1n) is 6.85. The molecule has 18 heavy (non-hydrogen) atoms. The van der Waals surface area contributed by atoms with Gasteiger partial charge in [0, 0.05) is 12.6 Å². The summed E-state index contributed by atoms with van der Waals surface area (Å²) >= 11 is 0. The Morgan fingerprint density at radius 3 is 2.56 bits per heavy atom. The van der Waals surface area contributed by atoms with Gasteiger partial charge in [0.05, 0.1) is 12.7 Å². The lowest BCUT2D eigenvalue weighted by atomic mass is 10.1. The lowest BCUT2D eigenvalue weighted by Gasteiger charge is -2.17. The Kier molecular flexibility index (Phi) is 4.61. The van der Waals surface area contributed by atoms with E-state index in [9.17, 15) is 5.11 Å². The molecule has 0 aromatic heterocycles. The van der Waals surface area contributed by atoms with E-state index in [2.05, 4.69) is 24.4 Å². The maximum absolute atomic E-state index is 9.82. The van der Waals surface area contributed by atoms with E-state index in [4.69, 9.17) is 4.74 Å². The molecule has 1 aromatic rings. The van der Waals surface area contributed by atoms with Crippen LogP contribution >= 0.6 is 0 Å². The van der Waals surface area contributed by atoms with Crippen LogP contribution in [-0.2, 0) is 0 Å². The molecule has 1 aromatic carbocycles. The maximum Gasteiger partial charge on any atom is 0.119 e. The first-order valence-corrected chi connectivity index (χ1v) is 6.85. The van der Waals surface area contributed by atoms with E-state index in [0.29, 0.717) is 19.1 Å². The van der Waals surface area contributed by atoms with Gasteiger partial charge in [-0.2, -0.15) is 0 Å². The van der Waals surface area contributed by atoms with Crippen molar-refractivity contribution in [3.05, 3.63) is 29.8 Å². The number of benzene rings is 1. The topological polar surface area (TPSA) is 41.5 Å². The highest BCUT2D eigenvalue weighted by atomic mass is 16.5. The van der Waals surface area contributed by atoms with Gasteiger partial charge in [-0.15, -0.1) is 0 Å². The lowest BCUT2D eigenvalue weighted by molar-refractivity contribution is 0.145.